The molecule has 0 aliphatic rings. The number of hydrogen-bond donors (Lipinski definition) is 1. The molecule has 0 aliphatic carbocycles. The standard InChI is InChI=1S/C19H17N3O2/c1-2-13-7-9-14(10-8-13)24-12-18(23)15(11-20)19-21-16-5-3-4-6-17(16)22-19/h3-10,15H,2,12H2,1H3,(H,21,22)/t15-/m1/s1. The number of aromatic nitrogens is 2. The van der Waals surface area contributed by atoms with E-state index in [1.165, 1.54) is 5.56 Å². The Kier molecular flexibility index (Phi) is 4.57. The highest BCUT2D eigenvalue weighted by Gasteiger charge is 2.24. The molecule has 0 aliphatic heterocycles. The van der Waals surface area contributed by atoms with Gasteiger partial charge in [0, 0.05) is 0 Å². The van der Waals surface area contributed by atoms with Crippen LogP contribution in [0.25, 0.3) is 11.0 Å². The van der Waals surface area contributed by atoms with Gasteiger partial charge in [-0.1, -0.05) is 31.2 Å². The molecular formula is C19H17N3O2. The Labute approximate surface area is 139 Å². The number of carbonyl (C=O) groups excluding carboxylic acids is 1. The van der Waals surface area contributed by atoms with Gasteiger partial charge in [-0.2, -0.15) is 5.26 Å². The first-order chi connectivity index (χ1) is 11.7. The Bertz CT molecular complexity index is 858. The molecule has 3 aromatic rings. The van der Waals surface area contributed by atoms with Crippen LogP contribution in [0.2, 0.25) is 0 Å². The van der Waals surface area contributed by atoms with Gasteiger partial charge in [-0.3, -0.25) is 4.79 Å². The molecule has 1 atom stereocenters. The predicted molar refractivity (Wildman–Crippen MR) is 90.8 cm³/mol. The summed E-state index contributed by atoms with van der Waals surface area (Å²) in [6.07, 6.45) is 0.946. The summed E-state index contributed by atoms with van der Waals surface area (Å²) in [5.41, 5.74) is 2.74. The third kappa shape index (κ3) is 3.28. The van der Waals surface area contributed by atoms with Crippen molar-refractivity contribution in [3.63, 3.8) is 0 Å². The Morgan fingerprint density at radius 2 is 2.00 bits per heavy atom. The number of para-hydroxylation sites is 2. The lowest BCUT2D eigenvalue weighted by Gasteiger charge is -2.08. The molecule has 0 saturated carbocycles. The van der Waals surface area contributed by atoms with Crippen molar-refractivity contribution in [2.24, 2.45) is 0 Å². The predicted octanol–water partition coefficient (Wildman–Crippen LogP) is 3.38. The number of imidazole rings is 1. The molecule has 0 bridgehead atoms. The van der Waals surface area contributed by atoms with Crippen molar-refractivity contribution < 1.29 is 9.53 Å². The third-order valence-electron chi connectivity index (χ3n) is 3.84. The summed E-state index contributed by atoms with van der Waals surface area (Å²) < 4.78 is 5.50. The van der Waals surface area contributed by atoms with Crippen LogP contribution in [0.3, 0.4) is 0 Å². The number of carbonyl (C=O) groups is 1. The zero-order valence-corrected chi connectivity index (χ0v) is 13.3. The molecule has 5 nitrogen and oxygen atoms in total. The highest BCUT2D eigenvalue weighted by atomic mass is 16.5. The lowest BCUT2D eigenvalue weighted by Crippen LogP contribution is -2.20. The maximum Gasteiger partial charge on any atom is 0.194 e. The maximum atomic E-state index is 12.3. The Morgan fingerprint density at radius 1 is 1.25 bits per heavy atom. The Hall–Kier alpha value is -3.13. The number of nitriles is 1. The van der Waals surface area contributed by atoms with Crippen LogP contribution in [0.1, 0.15) is 24.2 Å². The topological polar surface area (TPSA) is 78.8 Å². The summed E-state index contributed by atoms with van der Waals surface area (Å²) >= 11 is 0. The summed E-state index contributed by atoms with van der Waals surface area (Å²) in [6.45, 7) is 1.91. The van der Waals surface area contributed by atoms with Crippen molar-refractivity contribution in [2.75, 3.05) is 6.61 Å². The number of benzene rings is 2. The second-order valence-electron chi connectivity index (χ2n) is 5.45. The molecule has 3 rings (SSSR count). The largest absolute Gasteiger partial charge is 0.486 e. The number of hydrogen-bond acceptors (Lipinski definition) is 4. The van der Waals surface area contributed by atoms with Gasteiger partial charge >= 0.3 is 0 Å². The van der Waals surface area contributed by atoms with Crippen LogP contribution in [0.5, 0.6) is 5.75 Å². The number of aryl methyl sites for hydroxylation is 1. The summed E-state index contributed by atoms with van der Waals surface area (Å²) in [7, 11) is 0. The van der Waals surface area contributed by atoms with Crippen LogP contribution in [0.4, 0.5) is 0 Å². The van der Waals surface area contributed by atoms with Gasteiger partial charge in [0.15, 0.2) is 11.7 Å². The van der Waals surface area contributed by atoms with E-state index in [1.807, 2.05) is 54.6 Å². The number of ether oxygens (including phenoxy) is 1. The highest BCUT2D eigenvalue weighted by Crippen LogP contribution is 2.19. The van der Waals surface area contributed by atoms with Gasteiger partial charge in [-0.25, -0.2) is 4.98 Å². The van der Waals surface area contributed by atoms with Crippen molar-refractivity contribution in [2.45, 2.75) is 19.3 Å². The molecule has 0 amide bonds. The van der Waals surface area contributed by atoms with Gasteiger partial charge in [0.25, 0.3) is 0 Å². The van der Waals surface area contributed by atoms with Gasteiger partial charge in [0.1, 0.15) is 18.2 Å². The molecule has 0 spiro atoms. The van der Waals surface area contributed by atoms with Crippen LogP contribution in [0.15, 0.2) is 48.5 Å². The van der Waals surface area contributed by atoms with E-state index in [0.29, 0.717) is 11.6 Å². The van der Waals surface area contributed by atoms with Crippen LogP contribution >= 0.6 is 0 Å². The first-order valence-corrected chi connectivity index (χ1v) is 7.80. The first kappa shape index (κ1) is 15.8. The number of Topliss-reactive ketones (excluding diaryl/α,β-unsaturated/α-hetero) is 1. The van der Waals surface area contributed by atoms with Crippen molar-refractivity contribution >= 4 is 16.8 Å². The fourth-order valence-electron chi connectivity index (χ4n) is 2.45. The minimum absolute atomic E-state index is 0.166. The van der Waals surface area contributed by atoms with Gasteiger partial charge in [-0.05, 0) is 36.2 Å². The molecule has 1 aromatic heterocycles. The molecule has 0 saturated heterocycles. The van der Waals surface area contributed by atoms with E-state index in [4.69, 9.17) is 4.74 Å². The van der Waals surface area contributed by atoms with Crippen molar-refractivity contribution in [3.05, 3.63) is 59.9 Å². The number of H-pyrrole nitrogens is 1. The van der Waals surface area contributed by atoms with Gasteiger partial charge < -0.3 is 9.72 Å². The monoisotopic (exact) mass is 319 g/mol. The summed E-state index contributed by atoms with van der Waals surface area (Å²) in [5, 5.41) is 9.35. The zero-order chi connectivity index (χ0) is 16.9. The number of nitrogens with one attached hydrogen (secondary N) is 1. The van der Waals surface area contributed by atoms with E-state index < -0.39 is 5.92 Å². The highest BCUT2D eigenvalue weighted by molar-refractivity contribution is 5.90. The summed E-state index contributed by atoms with van der Waals surface area (Å²) in [5.74, 6) is -0.320. The quantitative estimate of drug-likeness (QED) is 0.755. The molecule has 5 heteroatoms. The van der Waals surface area contributed by atoms with E-state index in [9.17, 15) is 10.1 Å². The van der Waals surface area contributed by atoms with E-state index in [2.05, 4.69) is 16.9 Å². The van der Waals surface area contributed by atoms with E-state index in [0.717, 1.165) is 17.5 Å². The minimum Gasteiger partial charge on any atom is -0.486 e. The van der Waals surface area contributed by atoms with E-state index in [1.54, 1.807) is 0 Å². The molecule has 24 heavy (non-hydrogen) atoms. The molecular weight excluding hydrogens is 302 g/mol. The van der Waals surface area contributed by atoms with Crippen LogP contribution < -0.4 is 4.74 Å². The van der Waals surface area contributed by atoms with Crippen molar-refractivity contribution in [1.29, 1.82) is 5.26 Å². The number of nitrogens with zero attached hydrogens (tertiary/aromatic N) is 2. The number of aromatic amines is 1. The lowest BCUT2D eigenvalue weighted by atomic mass is 10.1. The smallest absolute Gasteiger partial charge is 0.194 e. The van der Waals surface area contributed by atoms with Gasteiger partial charge in [0.2, 0.25) is 0 Å². The van der Waals surface area contributed by atoms with Crippen LogP contribution in [-0.2, 0) is 11.2 Å². The average molecular weight is 319 g/mol. The lowest BCUT2D eigenvalue weighted by molar-refractivity contribution is -0.121. The van der Waals surface area contributed by atoms with Crippen LogP contribution in [-0.4, -0.2) is 22.4 Å². The normalized spacial score (nSPS) is 11.8. The van der Waals surface area contributed by atoms with Crippen molar-refractivity contribution in [3.8, 4) is 11.8 Å². The molecule has 0 fully saturated rings. The fourth-order valence-corrected chi connectivity index (χ4v) is 2.45. The second-order valence-corrected chi connectivity index (χ2v) is 5.45. The minimum atomic E-state index is -0.965. The molecule has 1 heterocycles. The SMILES string of the molecule is CCc1ccc(OCC(=O)[C@@H](C#N)c2nc3ccccc3[nH]2)cc1. The Morgan fingerprint density at radius 3 is 2.67 bits per heavy atom. The van der Waals surface area contributed by atoms with E-state index >= 15 is 0 Å². The number of rotatable bonds is 6. The summed E-state index contributed by atoms with van der Waals surface area (Å²) in [4.78, 5) is 19.7. The zero-order valence-electron chi connectivity index (χ0n) is 13.3. The second kappa shape index (κ2) is 6.97. The molecule has 120 valence electrons. The van der Waals surface area contributed by atoms with E-state index in [-0.39, 0.29) is 12.4 Å². The van der Waals surface area contributed by atoms with Gasteiger partial charge in [0.05, 0.1) is 17.1 Å². The third-order valence-corrected chi connectivity index (χ3v) is 3.84. The summed E-state index contributed by atoms with van der Waals surface area (Å²) in [6, 6.07) is 17.0. The van der Waals surface area contributed by atoms with Crippen molar-refractivity contribution in [1.82, 2.24) is 9.97 Å². The van der Waals surface area contributed by atoms with Gasteiger partial charge in [-0.15, -0.1) is 0 Å². The number of ketones is 1. The molecule has 0 radical (unpaired) electrons. The Balaban J connectivity index is 1.70. The van der Waals surface area contributed by atoms with Crippen LogP contribution in [0, 0.1) is 11.3 Å². The molecule has 1 N–H and O–H groups in total. The first-order valence-electron chi connectivity index (χ1n) is 7.80. The molecule has 0 unspecified atom stereocenters. The molecule has 2 aromatic carbocycles. The average Bonchev–Trinajstić information content (AvgIpc) is 3.04. The maximum absolute atomic E-state index is 12.3. The fraction of sp³-hybridized carbons (Fsp3) is 0.211. The number of fused-ring (bicyclic) bond motifs is 1.